The second kappa shape index (κ2) is 8.09. The summed E-state index contributed by atoms with van der Waals surface area (Å²) in [6.07, 6.45) is 5.78. The molecule has 0 saturated heterocycles. The highest BCUT2D eigenvalue weighted by molar-refractivity contribution is 7.90. The van der Waals surface area contributed by atoms with E-state index in [2.05, 4.69) is 30.6 Å². The molecule has 0 aliphatic carbocycles. The average molecular weight is 470 g/mol. The van der Waals surface area contributed by atoms with Gasteiger partial charge in [0.25, 0.3) is 5.91 Å². The van der Waals surface area contributed by atoms with Crippen LogP contribution >= 0.6 is 0 Å². The third-order valence-corrected chi connectivity index (χ3v) is 5.99. The number of benzene rings is 1. The number of rotatable bonds is 6. The number of nitrogens with one attached hydrogen (secondary N) is 2. The lowest BCUT2D eigenvalue weighted by atomic mass is 10.1. The van der Waals surface area contributed by atoms with Crippen LogP contribution in [-0.4, -0.2) is 52.1 Å². The zero-order chi connectivity index (χ0) is 23.9. The number of hydrogen-bond acceptors (Lipinski definition) is 9. The van der Waals surface area contributed by atoms with E-state index in [9.17, 15) is 17.6 Å². The van der Waals surface area contributed by atoms with Gasteiger partial charge in [0, 0.05) is 26.5 Å². The van der Waals surface area contributed by atoms with Gasteiger partial charge in [0.05, 0.1) is 34.2 Å². The van der Waals surface area contributed by atoms with Crippen LogP contribution in [0.3, 0.4) is 0 Å². The van der Waals surface area contributed by atoms with Gasteiger partial charge in [-0.2, -0.15) is 0 Å². The van der Waals surface area contributed by atoms with Crippen LogP contribution < -0.4 is 16.4 Å². The molecule has 4 rings (SSSR count). The molecular formula is C20H19FN8O3S. The second-order valence-electron chi connectivity index (χ2n) is 7.18. The molecule has 4 N–H and O–H groups in total. The van der Waals surface area contributed by atoms with Gasteiger partial charge in [-0.05, 0) is 18.2 Å². The first kappa shape index (κ1) is 22.1. The number of sulfone groups is 1. The van der Waals surface area contributed by atoms with Gasteiger partial charge >= 0.3 is 0 Å². The van der Waals surface area contributed by atoms with E-state index < -0.39 is 21.6 Å². The Bertz CT molecular complexity index is 1520. The van der Waals surface area contributed by atoms with E-state index in [1.54, 1.807) is 30.3 Å². The Morgan fingerprint density at radius 3 is 2.58 bits per heavy atom. The van der Waals surface area contributed by atoms with Crippen LogP contribution in [0.4, 0.5) is 21.7 Å². The summed E-state index contributed by atoms with van der Waals surface area (Å²) in [7, 11) is -0.171. The van der Waals surface area contributed by atoms with E-state index in [0.717, 1.165) is 17.8 Å². The van der Waals surface area contributed by atoms with Crippen molar-refractivity contribution in [2.45, 2.75) is 4.90 Å². The summed E-state index contributed by atoms with van der Waals surface area (Å²) in [4.78, 5) is 29.3. The zero-order valence-electron chi connectivity index (χ0n) is 17.8. The van der Waals surface area contributed by atoms with Gasteiger partial charge in [0.1, 0.15) is 17.0 Å². The van der Waals surface area contributed by atoms with Gasteiger partial charge < -0.3 is 20.9 Å². The Morgan fingerprint density at radius 1 is 1.18 bits per heavy atom. The number of aromatic nitrogens is 5. The highest BCUT2D eigenvalue weighted by Gasteiger charge is 2.22. The Hall–Kier alpha value is -4.13. The molecule has 13 heteroatoms. The number of nitrogens with zero attached hydrogens (tertiary/aromatic N) is 5. The molecule has 0 bridgehead atoms. The van der Waals surface area contributed by atoms with Crippen LogP contribution in [0.15, 0.2) is 41.8 Å². The van der Waals surface area contributed by atoms with Crippen molar-refractivity contribution in [2.24, 2.45) is 12.8 Å². The summed E-state index contributed by atoms with van der Waals surface area (Å²) in [6.45, 7) is 0. The van der Waals surface area contributed by atoms with Crippen LogP contribution in [0.1, 0.15) is 10.5 Å². The number of nitrogens with two attached hydrogens (primary N) is 1. The fourth-order valence-corrected chi connectivity index (χ4v) is 3.86. The molecule has 0 radical (unpaired) electrons. The number of primary amides is 1. The normalized spacial score (nSPS) is 11.5. The molecule has 0 saturated carbocycles. The maximum atomic E-state index is 14.6. The molecule has 0 aliphatic rings. The van der Waals surface area contributed by atoms with E-state index in [1.807, 2.05) is 7.05 Å². The Balaban J connectivity index is 1.85. The van der Waals surface area contributed by atoms with Gasteiger partial charge in [-0.3, -0.25) is 9.78 Å². The predicted octanol–water partition coefficient (Wildman–Crippen LogP) is 1.85. The monoisotopic (exact) mass is 470 g/mol. The smallest absolute Gasteiger partial charge is 0.271 e. The first-order valence-electron chi connectivity index (χ1n) is 9.51. The minimum absolute atomic E-state index is 0.109. The lowest BCUT2D eigenvalue weighted by molar-refractivity contribution is 0.0996. The summed E-state index contributed by atoms with van der Waals surface area (Å²) in [5.41, 5.74) is 7.31. The first-order valence-corrected chi connectivity index (χ1v) is 11.4. The molecule has 3 aromatic heterocycles. The van der Waals surface area contributed by atoms with E-state index >= 15 is 0 Å². The molecule has 3 heterocycles. The summed E-state index contributed by atoms with van der Waals surface area (Å²) in [5.74, 6) is -1.60. The molecule has 0 atom stereocenters. The summed E-state index contributed by atoms with van der Waals surface area (Å²) in [6, 6.07) is 3.33. The molecular weight excluding hydrogens is 451 g/mol. The van der Waals surface area contributed by atoms with Gasteiger partial charge in [0.15, 0.2) is 27.2 Å². The maximum absolute atomic E-state index is 14.6. The summed E-state index contributed by atoms with van der Waals surface area (Å²) >= 11 is 0. The number of carbonyl (C=O) groups excluding carboxylic acids is 1. The molecule has 1 amide bonds. The Morgan fingerprint density at radius 2 is 1.94 bits per heavy atom. The van der Waals surface area contributed by atoms with Crippen LogP contribution in [0, 0.1) is 5.82 Å². The fourth-order valence-electron chi connectivity index (χ4n) is 3.23. The van der Waals surface area contributed by atoms with Crippen molar-refractivity contribution in [1.82, 2.24) is 24.5 Å². The minimum atomic E-state index is -3.59. The number of amides is 1. The number of carbonyl (C=O) groups is 1. The van der Waals surface area contributed by atoms with E-state index in [0.29, 0.717) is 11.1 Å². The largest absolute Gasteiger partial charge is 0.371 e. The summed E-state index contributed by atoms with van der Waals surface area (Å²) < 4.78 is 39.7. The zero-order valence-corrected chi connectivity index (χ0v) is 18.6. The molecule has 0 unspecified atom stereocenters. The fraction of sp³-hybridized carbons (Fsp3) is 0.150. The maximum Gasteiger partial charge on any atom is 0.271 e. The minimum Gasteiger partial charge on any atom is -0.371 e. The Labute approximate surface area is 187 Å². The van der Waals surface area contributed by atoms with Gasteiger partial charge in [-0.15, -0.1) is 0 Å². The topological polar surface area (TPSA) is 158 Å². The lowest BCUT2D eigenvalue weighted by Crippen LogP contribution is -2.18. The third-order valence-electron chi connectivity index (χ3n) is 4.88. The van der Waals surface area contributed by atoms with Crippen molar-refractivity contribution in [2.75, 3.05) is 23.9 Å². The van der Waals surface area contributed by atoms with Crippen molar-refractivity contribution < 1.29 is 17.6 Å². The molecule has 33 heavy (non-hydrogen) atoms. The molecule has 4 aromatic rings. The van der Waals surface area contributed by atoms with Crippen molar-refractivity contribution in [3.8, 4) is 11.3 Å². The van der Waals surface area contributed by atoms with Crippen LogP contribution in [0.2, 0.25) is 0 Å². The van der Waals surface area contributed by atoms with Crippen molar-refractivity contribution >= 4 is 44.1 Å². The van der Waals surface area contributed by atoms with Crippen molar-refractivity contribution in [3.63, 3.8) is 0 Å². The highest BCUT2D eigenvalue weighted by atomic mass is 32.2. The third kappa shape index (κ3) is 4.05. The second-order valence-corrected chi connectivity index (χ2v) is 9.20. The number of fused-ring (bicyclic) bond motifs is 1. The van der Waals surface area contributed by atoms with Gasteiger partial charge in [-0.1, -0.05) is 0 Å². The standard InChI is InChI=1S/C20H19FN8O3S/c1-23-19-16(11-7-24-8-14-15(11)25-9-29(14)2)27-17(18(22)30)20(28-19)26-13-5-4-10(6-12(13)21)33(3,31)32/h4-9H,1-3H3,(H2,22,30)(H2,23,26,28). The lowest BCUT2D eigenvalue weighted by Gasteiger charge is -2.15. The average Bonchev–Trinajstić information content (AvgIpc) is 3.15. The molecule has 0 fully saturated rings. The quantitative estimate of drug-likeness (QED) is 0.382. The first-order chi connectivity index (χ1) is 15.6. The van der Waals surface area contributed by atoms with E-state index in [-0.39, 0.29) is 33.6 Å². The van der Waals surface area contributed by atoms with E-state index in [4.69, 9.17) is 5.73 Å². The SMILES string of the molecule is CNc1nc(Nc2ccc(S(C)(=O)=O)cc2F)c(C(N)=O)nc1-c1cncc2c1ncn2C. The number of halogens is 1. The summed E-state index contributed by atoms with van der Waals surface area (Å²) in [5, 5.41) is 5.58. The Kier molecular flexibility index (Phi) is 5.41. The highest BCUT2D eigenvalue weighted by Crippen LogP contribution is 2.32. The number of aryl methyl sites for hydroxylation is 1. The molecule has 0 aliphatic heterocycles. The number of pyridine rings is 1. The van der Waals surface area contributed by atoms with Gasteiger partial charge in [0.2, 0.25) is 0 Å². The van der Waals surface area contributed by atoms with Crippen molar-refractivity contribution in [3.05, 3.63) is 48.4 Å². The predicted molar refractivity (Wildman–Crippen MR) is 120 cm³/mol. The van der Waals surface area contributed by atoms with Crippen LogP contribution in [0.5, 0.6) is 0 Å². The molecule has 1 aromatic carbocycles. The number of hydrogen-bond donors (Lipinski definition) is 3. The number of imidazole rings is 1. The molecule has 11 nitrogen and oxygen atoms in total. The van der Waals surface area contributed by atoms with Crippen LogP contribution in [-0.2, 0) is 16.9 Å². The van der Waals surface area contributed by atoms with Gasteiger partial charge in [-0.25, -0.2) is 27.8 Å². The molecule has 170 valence electrons. The molecule has 0 spiro atoms. The number of anilines is 3. The van der Waals surface area contributed by atoms with Crippen molar-refractivity contribution in [1.29, 1.82) is 0 Å². The van der Waals surface area contributed by atoms with Crippen LogP contribution in [0.25, 0.3) is 22.3 Å². The van der Waals surface area contributed by atoms with E-state index in [1.165, 1.54) is 12.1 Å².